The Morgan fingerprint density at radius 2 is 2.05 bits per heavy atom. The van der Waals surface area contributed by atoms with Crippen molar-refractivity contribution in [2.24, 2.45) is 5.92 Å². The molecule has 0 aromatic heterocycles. The van der Waals surface area contributed by atoms with Crippen molar-refractivity contribution in [2.75, 3.05) is 26.2 Å². The Kier molecular flexibility index (Phi) is 5.36. The summed E-state index contributed by atoms with van der Waals surface area (Å²) in [6.45, 7) is 7.24. The van der Waals surface area contributed by atoms with Gasteiger partial charge in [-0.2, -0.15) is 0 Å². The van der Waals surface area contributed by atoms with Gasteiger partial charge in [-0.3, -0.25) is 4.90 Å². The van der Waals surface area contributed by atoms with E-state index in [4.69, 9.17) is 0 Å². The number of piperidine rings is 1. The van der Waals surface area contributed by atoms with Gasteiger partial charge in [0.25, 0.3) is 0 Å². The van der Waals surface area contributed by atoms with Gasteiger partial charge in [-0.1, -0.05) is 35.0 Å². The van der Waals surface area contributed by atoms with Gasteiger partial charge >= 0.3 is 0 Å². The SMILES string of the molecule is CCCN(CC1CCNCC1)C1CCc2c(Br)cccc21. The van der Waals surface area contributed by atoms with Crippen molar-refractivity contribution in [3.63, 3.8) is 0 Å². The molecule has 1 saturated heterocycles. The minimum atomic E-state index is 0.646. The minimum Gasteiger partial charge on any atom is -0.317 e. The first kappa shape index (κ1) is 15.5. The maximum Gasteiger partial charge on any atom is 0.0354 e. The average molecular weight is 351 g/mol. The Morgan fingerprint density at radius 3 is 2.81 bits per heavy atom. The number of nitrogens with zero attached hydrogens (tertiary/aromatic N) is 1. The van der Waals surface area contributed by atoms with Gasteiger partial charge in [-0.25, -0.2) is 0 Å². The molecule has 1 fully saturated rings. The predicted octanol–water partition coefficient (Wildman–Crippen LogP) is 4.15. The molecule has 0 amide bonds. The first-order valence-corrected chi connectivity index (χ1v) is 9.31. The fraction of sp³-hybridized carbons (Fsp3) is 0.667. The zero-order chi connectivity index (χ0) is 14.7. The molecule has 1 aromatic carbocycles. The lowest BCUT2D eigenvalue weighted by atomic mass is 9.96. The molecule has 1 atom stereocenters. The third-order valence-corrected chi connectivity index (χ3v) is 5.83. The van der Waals surface area contributed by atoms with Gasteiger partial charge in [-0.05, 0) is 74.8 Å². The van der Waals surface area contributed by atoms with Crippen LogP contribution in [0.5, 0.6) is 0 Å². The molecule has 116 valence electrons. The van der Waals surface area contributed by atoms with Crippen LogP contribution in [0, 0.1) is 5.92 Å². The molecular weight excluding hydrogens is 324 g/mol. The van der Waals surface area contributed by atoms with Crippen LogP contribution in [0.15, 0.2) is 22.7 Å². The Labute approximate surface area is 137 Å². The smallest absolute Gasteiger partial charge is 0.0354 e. The summed E-state index contributed by atoms with van der Waals surface area (Å²) in [5.41, 5.74) is 3.13. The third-order valence-electron chi connectivity index (χ3n) is 5.08. The number of hydrogen-bond donors (Lipinski definition) is 1. The molecule has 1 aliphatic heterocycles. The van der Waals surface area contributed by atoms with Crippen molar-refractivity contribution in [1.29, 1.82) is 0 Å². The van der Waals surface area contributed by atoms with E-state index in [0.717, 1.165) is 5.92 Å². The Balaban J connectivity index is 1.74. The molecule has 0 spiro atoms. The van der Waals surface area contributed by atoms with Crippen LogP contribution in [0.2, 0.25) is 0 Å². The minimum absolute atomic E-state index is 0.646. The number of benzene rings is 1. The molecule has 0 bridgehead atoms. The summed E-state index contributed by atoms with van der Waals surface area (Å²) in [4.78, 5) is 2.77. The number of halogens is 1. The summed E-state index contributed by atoms with van der Waals surface area (Å²) in [5.74, 6) is 0.883. The van der Waals surface area contributed by atoms with E-state index in [1.54, 1.807) is 11.1 Å². The Morgan fingerprint density at radius 1 is 1.24 bits per heavy atom. The molecule has 3 heteroatoms. The monoisotopic (exact) mass is 350 g/mol. The molecule has 0 saturated carbocycles. The molecule has 1 aliphatic carbocycles. The molecule has 1 heterocycles. The lowest BCUT2D eigenvalue weighted by molar-refractivity contribution is 0.151. The highest BCUT2D eigenvalue weighted by molar-refractivity contribution is 9.10. The van der Waals surface area contributed by atoms with Gasteiger partial charge in [0.05, 0.1) is 0 Å². The van der Waals surface area contributed by atoms with Crippen LogP contribution in [0.25, 0.3) is 0 Å². The fourth-order valence-electron chi connectivity index (χ4n) is 4.02. The summed E-state index contributed by atoms with van der Waals surface area (Å²) in [6, 6.07) is 7.39. The molecule has 0 radical (unpaired) electrons. The maximum atomic E-state index is 3.73. The van der Waals surface area contributed by atoms with E-state index in [-0.39, 0.29) is 0 Å². The first-order chi connectivity index (χ1) is 10.3. The van der Waals surface area contributed by atoms with Gasteiger partial charge in [0.2, 0.25) is 0 Å². The number of nitrogens with one attached hydrogen (secondary N) is 1. The highest BCUT2D eigenvalue weighted by Crippen LogP contribution is 2.39. The van der Waals surface area contributed by atoms with Crippen molar-refractivity contribution in [3.05, 3.63) is 33.8 Å². The maximum absolute atomic E-state index is 3.73. The van der Waals surface area contributed by atoms with Crippen molar-refractivity contribution < 1.29 is 0 Å². The van der Waals surface area contributed by atoms with Gasteiger partial charge in [-0.15, -0.1) is 0 Å². The lowest BCUT2D eigenvalue weighted by Crippen LogP contribution is -2.38. The third kappa shape index (κ3) is 3.52. The van der Waals surface area contributed by atoms with Crippen LogP contribution in [0.4, 0.5) is 0 Å². The topological polar surface area (TPSA) is 15.3 Å². The number of rotatable bonds is 5. The van der Waals surface area contributed by atoms with Crippen LogP contribution in [-0.2, 0) is 6.42 Å². The zero-order valence-electron chi connectivity index (χ0n) is 13.1. The fourth-order valence-corrected chi connectivity index (χ4v) is 4.60. The lowest BCUT2D eigenvalue weighted by Gasteiger charge is -2.34. The van der Waals surface area contributed by atoms with Crippen LogP contribution in [0.1, 0.15) is 49.8 Å². The molecular formula is C18H27BrN2. The van der Waals surface area contributed by atoms with E-state index < -0.39 is 0 Å². The standard InChI is InChI=1S/C18H27BrN2/c1-2-12-21(13-14-8-10-20-11-9-14)18-7-6-15-16(18)4-3-5-17(15)19/h3-5,14,18,20H,2,6-13H2,1H3. The van der Waals surface area contributed by atoms with Gasteiger partial charge in [0, 0.05) is 17.1 Å². The molecule has 21 heavy (non-hydrogen) atoms. The number of fused-ring (bicyclic) bond motifs is 1. The molecule has 1 unspecified atom stereocenters. The van der Waals surface area contributed by atoms with Gasteiger partial charge in [0.15, 0.2) is 0 Å². The second-order valence-corrected chi connectivity index (χ2v) is 7.40. The van der Waals surface area contributed by atoms with Crippen LogP contribution < -0.4 is 5.32 Å². The van der Waals surface area contributed by atoms with Crippen molar-refractivity contribution >= 4 is 15.9 Å². The average Bonchev–Trinajstić information content (AvgIpc) is 2.93. The summed E-state index contributed by atoms with van der Waals surface area (Å²) in [5, 5.41) is 3.49. The molecule has 1 aromatic rings. The van der Waals surface area contributed by atoms with E-state index in [1.807, 2.05) is 0 Å². The second kappa shape index (κ2) is 7.26. The Bertz CT molecular complexity index is 468. The summed E-state index contributed by atoms with van der Waals surface area (Å²) >= 11 is 3.73. The molecule has 1 N–H and O–H groups in total. The highest BCUT2D eigenvalue weighted by Gasteiger charge is 2.30. The number of hydrogen-bond acceptors (Lipinski definition) is 2. The second-order valence-electron chi connectivity index (χ2n) is 6.55. The van der Waals surface area contributed by atoms with E-state index >= 15 is 0 Å². The van der Waals surface area contributed by atoms with Crippen LogP contribution in [0.3, 0.4) is 0 Å². The van der Waals surface area contributed by atoms with Crippen molar-refractivity contribution in [3.8, 4) is 0 Å². The van der Waals surface area contributed by atoms with Crippen LogP contribution >= 0.6 is 15.9 Å². The van der Waals surface area contributed by atoms with Crippen molar-refractivity contribution in [2.45, 2.75) is 45.1 Å². The largest absolute Gasteiger partial charge is 0.317 e. The summed E-state index contributed by atoms with van der Waals surface area (Å²) in [6.07, 6.45) is 6.47. The quantitative estimate of drug-likeness (QED) is 0.857. The molecule has 3 rings (SSSR count). The first-order valence-electron chi connectivity index (χ1n) is 8.51. The van der Waals surface area contributed by atoms with Gasteiger partial charge in [0.1, 0.15) is 0 Å². The molecule has 2 aliphatic rings. The van der Waals surface area contributed by atoms with E-state index in [1.165, 1.54) is 62.8 Å². The van der Waals surface area contributed by atoms with E-state index in [2.05, 4.69) is 51.3 Å². The van der Waals surface area contributed by atoms with Gasteiger partial charge < -0.3 is 5.32 Å². The van der Waals surface area contributed by atoms with Crippen molar-refractivity contribution in [1.82, 2.24) is 10.2 Å². The van der Waals surface area contributed by atoms with E-state index in [0.29, 0.717) is 6.04 Å². The summed E-state index contributed by atoms with van der Waals surface area (Å²) < 4.78 is 1.31. The van der Waals surface area contributed by atoms with E-state index in [9.17, 15) is 0 Å². The highest BCUT2D eigenvalue weighted by atomic mass is 79.9. The normalized spacial score (nSPS) is 22.7. The zero-order valence-corrected chi connectivity index (χ0v) is 14.7. The summed E-state index contributed by atoms with van der Waals surface area (Å²) in [7, 11) is 0. The predicted molar refractivity (Wildman–Crippen MR) is 92.7 cm³/mol. The van der Waals surface area contributed by atoms with Crippen LogP contribution in [-0.4, -0.2) is 31.1 Å². The Hall–Kier alpha value is -0.380. The molecule has 2 nitrogen and oxygen atoms in total.